The fourth-order valence-electron chi connectivity index (χ4n) is 1.21. The van der Waals surface area contributed by atoms with E-state index in [1.165, 1.54) is 0 Å². The lowest BCUT2D eigenvalue weighted by Crippen LogP contribution is -2.11. The Morgan fingerprint density at radius 3 is 2.92 bits per heavy atom. The Morgan fingerprint density at radius 2 is 2.38 bits per heavy atom. The van der Waals surface area contributed by atoms with Crippen molar-refractivity contribution in [3.05, 3.63) is 40.3 Å². The zero-order valence-electron chi connectivity index (χ0n) is 7.34. The van der Waals surface area contributed by atoms with E-state index >= 15 is 0 Å². The van der Waals surface area contributed by atoms with E-state index in [9.17, 15) is 0 Å². The molecule has 2 aromatic rings. The van der Waals surface area contributed by atoms with Crippen LogP contribution in [0.15, 0.2) is 29.8 Å². The average Bonchev–Trinajstić information content (AvgIpc) is 2.72. The number of nitrogens with two attached hydrogens (primary N) is 1. The highest BCUT2D eigenvalue weighted by Gasteiger charge is 2.11. The van der Waals surface area contributed by atoms with Gasteiger partial charge in [0.15, 0.2) is 0 Å². The van der Waals surface area contributed by atoms with E-state index in [-0.39, 0.29) is 6.04 Å². The molecule has 13 heavy (non-hydrogen) atoms. The highest BCUT2D eigenvalue weighted by Crippen LogP contribution is 2.21. The van der Waals surface area contributed by atoms with Crippen LogP contribution in [0.5, 0.6) is 0 Å². The summed E-state index contributed by atoms with van der Waals surface area (Å²) in [6, 6.07) is 5.90. The molecular weight excluding hydrogens is 182 g/mol. The first-order valence-corrected chi connectivity index (χ1v) is 4.94. The molecule has 4 heteroatoms. The van der Waals surface area contributed by atoms with Gasteiger partial charge < -0.3 is 5.73 Å². The van der Waals surface area contributed by atoms with E-state index in [1.54, 1.807) is 16.0 Å². The summed E-state index contributed by atoms with van der Waals surface area (Å²) in [6.07, 6.45) is 1.91. The summed E-state index contributed by atoms with van der Waals surface area (Å²) in [7, 11) is 1.89. The molecule has 0 aliphatic rings. The van der Waals surface area contributed by atoms with Crippen LogP contribution in [0.2, 0.25) is 0 Å². The third-order valence-corrected chi connectivity index (χ3v) is 2.86. The van der Waals surface area contributed by atoms with E-state index < -0.39 is 0 Å². The fourth-order valence-corrected chi connectivity index (χ4v) is 1.95. The third-order valence-electron chi connectivity index (χ3n) is 1.90. The van der Waals surface area contributed by atoms with Crippen molar-refractivity contribution in [1.82, 2.24) is 9.78 Å². The van der Waals surface area contributed by atoms with Crippen LogP contribution < -0.4 is 5.73 Å². The minimum Gasteiger partial charge on any atom is -0.318 e. The van der Waals surface area contributed by atoms with E-state index in [2.05, 4.69) is 5.10 Å². The van der Waals surface area contributed by atoms with Crippen LogP contribution in [0.4, 0.5) is 0 Å². The summed E-state index contributed by atoms with van der Waals surface area (Å²) >= 11 is 1.66. The van der Waals surface area contributed by atoms with Crippen LogP contribution in [0.25, 0.3) is 0 Å². The predicted octanol–water partition coefficient (Wildman–Crippen LogP) is 1.53. The zero-order chi connectivity index (χ0) is 9.26. The van der Waals surface area contributed by atoms with Gasteiger partial charge in [-0.3, -0.25) is 4.68 Å². The third kappa shape index (κ3) is 1.64. The standard InChI is InChI=1S/C9H11N3S/c1-12-5-4-7(11-12)9(10)8-3-2-6-13-8/h2-6,9H,10H2,1H3. The van der Waals surface area contributed by atoms with Gasteiger partial charge in [-0.2, -0.15) is 5.10 Å². The fraction of sp³-hybridized carbons (Fsp3) is 0.222. The summed E-state index contributed by atoms with van der Waals surface area (Å²) in [4.78, 5) is 1.15. The molecule has 0 bridgehead atoms. The van der Waals surface area contributed by atoms with E-state index in [4.69, 9.17) is 5.73 Å². The quantitative estimate of drug-likeness (QED) is 0.786. The number of thiophene rings is 1. The summed E-state index contributed by atoms with van der Waals surface area (Å²) in [6.45, 7) is 0. The monoisotopic (exact) mass is 193 g/mol. The predicted molar refractivity (Wildman–Crippen MR) is 53.6 cm³/mol. The molecule has 3 nitrogen and oxygen atoms in total. The maximum absolute atomic E-state index is 6.01. The van der Waals surface area contributed by atoms with Crippen LogP contribution >= 0.6 is 11.3 Å². The van der Waals surface area contributed by atoms with Crippen LogP contribution in [-0.4, -0.2) is 9.78 Å². The first-order chi connectivity index (χ1) is 6.27. The summed E-state index contributed by atoms with van der Waals surface area (Å²) in [5.74, 6) is 0. The first-order valence-electron chi connectivity index (χ1n) is 4.06. The van der Waals surface area contributed by atoms with Crippen molar-refractivity contribution in [3.8, 4) is 0 Å². The van der Waals surface area contributed by atoms with Gasteiger partial charge in [-0.1, -0.05) is 6.07 Å². The topological polar surface area (TPSA) is 43.8 Å². The number of nitrogens with zero attached hydrogens (tertiary/aromatic N) is 2. The molecule has 0 amide bonds. The number of hydrogen-bond acceptors (Lipinski definition) is 3. The Labute approximate surface area is 80.8 Å². The maximum atomic E-state index is 6.01. The number of rotatable bonds is 2. The lowest BCUT2D eigenvalue weighted by Gasteiger charge is -2.04. The van der Waals surface area contributed by atoms with Gasteiger partial charge in [-0.15, -0.1) is 11.3 Å². The molecule has 2 rings (SSSR count). The average molecular weight is 193 g/mol. The van der Waals surface area contributed by atoms with Gasteiger partial charge in [0, 0.05) is 18.1 Å². The molecule has 0 aromatic carbocycles. The molecule has 0 aliphatic heterocycles. The lowest BCUT2D eigenvalue weighted by atomic mass is 10.2. The van der Waals surface area contributed by atoms with E-state index in [0.717, 1.165) is 10.6 Å². The van der Waals surface area contributed by atoms with Crippen molar-refractivity contribution in [3.63, 3.8) is 0 Å². The van der Waals surface area contributed by atoms with Crippen molar-refractivity contribution in [2.45, 2.75) is 6.04 Å². The molecule has 0 saturated heterocycles. The lowest BCUT2D eigenvalue weighted by molar-refractivity contribution is 0.720. The van der Waals surface area contributed by atoms with Crippen LogP contribution in [0.1, 0.15) is 16.6 Å². The molecule has 0 saturated carbocycles. The van der Waals surface area contributed by atoms with Gasteiger partial charge in [0.05, 0.1) is 11.7 Å². The summed E-state index contributed by atoms with van der Waals surface area (Å²) in [5.41, 5.74) is 6.93. The van der Waals surface area contributed by atoms with Crippen molar-refractivity contribution in [2.75, 3.05) is 0 Å². The molecule has 1 unspecified atom stereocenters. The molecular formula is C9H11N3S. The van der Waals surface area contributed by atoms with Crippen LogP contribution in [0.3, 0.4) is 0 Å². The number of hydrogen-bond donors (Lipinski definition) is 1. The molecule has 0 aliphatic carbocycles. The Hall–Kier alpha value is -1.13. The summed E-state index contributed by atoms with van der Waals surface area (Å²) < 4.78 is 1.77. The Morgan fingerprint density at radius 1 is 1.54 bits per heavy atom. The van der Waals surface area contributed by atoms with E-state index in [1.807, 2.05) is 36.8 Å². The second-order valence-electron chi connectivity index (χ2n) is 2.91. The second-order valence-corrected chi connectivity index (χ2v) is 3.89. The van der Waals surface area contributed by atoms with Gasteiger partial charge in [0.2, 0.25) is 0 Å². The van der Waals surface area contributed by atoms with E-state index in [0.29, 0.717) is 0 Å². The number of aryl methyl sites for hydroxylation is 1. The first kappa shape index (κ1) is 8.47. The normalized spacial score (nSPS) is 13.1. The summed E-state index contributed by atoms with van der Waals surface area (Å²) in [5, 5.41) is 6.29. The molecule has 0 spiro atoms. The highest BCUT2D eigenvalue weighted by molar-refractivity contribution is 7.10. The SMILES string of the molecule is Cn1ccc(C(N)c2cccs2)n1. The smallest absolute Gasteiger partial charge is 0.0845 e. The molecule has 68 valence electrons. The van der Waals surface area contributed by atoms with Crippen molar-refractivity contribution in [1.29, 1.82) is 0 Å². The second kappa shape index (κ2) is 3.32. The van der Waals surface area contributed by atoms with Crippen molar-refractivity contribution < 1.29 is 0 Å². The van der Waals surface area contributed by atoms with Gasteiger partial charge in [0.25, 0.3) is 0 Å². The largest absolute Gasteiger partial charge is 0.318 e. The molecule has 0 radical (unpaired) electrons. The minimum absolute atomic E-state index is 0.0822. The van der Waals surface area contributed by atoms with Gasteiger partial charge in [-0.05, 0) is 17.5 Å². The van der Waals surface area contributed by atoms with Gasteiger partial charge in [0.1, 0.15) is 0 Å². The molecule has 0 fully saturated rings. The van der Waals surface area contributed by atoms with Crippen LogP contribution in [-0.2, 0) is 7.05 Å². The Balaban J connectivity index is 2.28. The van der Waals surface area contributed by atoms with Crippen molar-refractivity contribution in [2.24, 2.45) is 12.8 Å². The highest BCUT2D eigenvalue weighted by atomic mass is 32.1. The maximum Gasteiger partial charge on any atom is 0.0845 e. The zero-order valence-corrected chi connectivity index (χ0v) is 8.16. The molecule has 2 heterocycles. The molecule has 2 aromatic heterocycles. The number of aromatic nitrogens is 2. The van der Waals surface area contributed by atoms with Crippen molar-refractivity contribution >= 4 is 11.3 Å². The Kier molecular flexibility index (Phi) is 2.16. The van der Waals surface area contributed by atoms with Gasteiger partial charge in [-0.25, -0.2) is 0 Å². The Bertz CT molecular complexity index is 377. The van der Waals surface area contributed by atoms with Gasteiger partial charge >= 0.3 is 0 Å². The molecule has 1 atom stereocenters. The molecule has 2 N–H and O–H groups in total. The van der Waals surface area contributed by atoms with Crippen LogP contribution in [0, 0.1) is 0 Å². The minimum atomic E-state index is -0.0822.